The third-order valence-corrected chi connectivity index (χ3v) is 4.38. The first-order chi connectivity index (χ1) is 13.0. The van der Waals surface area contributed by atoms with Crippen LogP contribution < -0.4 is 16.0 Å². The molecular formula is C19H19FN4O3. The highest BCUT2D eigenvalue weighted by atomic mass is 19.1. The third-order valence-electron chi connectivity index (χ3n) is 4.38. The lowest BCUT2D eigenvalue weighted by Gasteiger charge is -2.35. The van der Waals surface area contributed by atoms with E-state index in [1.54, 1.807) is 18.2 Å². The maximum absolute atomic E-state index is 13.9. The molecule has 3 rings (SSSR count). The molecule has 8 heteroatoms. The minimum absolute atomic E-state index is 0.309. The zero-order valence-corrected chi connectivity index (χ0v) is 14.5. The molecule has 0 saturated carbocycles. The lowest BCUT2D eigenvalue weighted by molar-refractivity contribution is -0.143. The fourth-order valence-electron chi connectivity index (χ4n) is 2.90. The fraction of sp³-hybridized carbons (Fsp3) is 0.211. The van der Waals surface area contributed by atoms with Gasteiger partial charge in [0.25, 0.3) is 0 Å². The van der Waals surface area contributed by atoms with Gasteiger partial charge < -0.3 is 20.9 Å². The largest absolute Gasteiger partial charge is 0.366 e. The predicted molar refractivity (Wildman–Crippen MR) is 98.8 cm³/mol. The van der Waals surface area contributed by atoms with Crippen molar-refractivity contribution in [2.75, 3.05) is 36.4 Å². The van der Waals surface area contributed by atoms with Crippen molar-refractivity contribution < 1.29 is 18.8 Å². The standard InChI is InChI=1S/C19H19FN4O3/c20-15-3-1-2-4-16(15)23-9-11-24(12-10-23)19(27)18(26)22-14-7-5-13(6-8-14)17(21)25/h1-8H,9-12H2,(H2,21,25)(H,22,26). The third kappa shape index (κ3) is 4.22. The molecule has 0 aromatic heterocycles. The smallest absolute Gasteiger partial charge is 0.313 e. The molecule has 3 amide bonds. The summed E-state index contributed by atoms with van der Waals surface area (Å²) in [4.78, 5) is 38.8. The summed E-state index contributed by atoms with van der Waals surface area (Å²) in [5, 5.41) is 2.50. The Kier molecular flexibility index (Phi) is 5.35. The van der Waals surface area contributed by atoms with E-state index in [-0.39, 0.29) is 5.82 Å². The molecule has 2 aromatic carbocycles. The molecular weight excluding hydrogens is 351 g/mol. The van der Waals surface area contributed by atoms with E-state index in [9.17, 15) is 18.8 Å². The van der Waals surface area contributed by atoms with E-state index >= 15 is 0 Å². The zero-order chi connectivity index (χ0) is 19.4. The Morgan fingerprint density at radius 1 is 0.926 bits per heavy atom. The van der Waals surface area contributed by atoms with Crippen molar-refractivity contribution in [3.05, 3.63) is 59.9 Å². The summed E-state index contributed by atoms with van der Waals surface area (Å²) in [5.41, 5.74) is 6.35. The minimum atomic E-state index is -0.763. The van der Waals surface area contributed by atoms with Crippen LogP contribution >= 0.6 is 0 Å². The second-order valence-electron chi connectivity index (χ2n) is 6.13. The number of carbonyl (C=O) groups is 3. The number of piperazine rings is 1. The van der Waals surface area contributed by atoms with Crippen molar-refractivity contribution in [3.8, 4) is 0 Å². The Morgan fingerprint density at radius 2 is 1.56 bits per heavy atom. The molecule has 2 aromatic rings. The van der Waals surface area contributed by atoms with Gasteiger partial charge in [-0.1, -0.05) is 12.1 Å². The van der Waals surface area contributed by atoms with Crippen molar-refractivity contribution in [1.29, 1.82) is 0 Å². The fourth-order valence-corrected chi connectivity index (χ4v) is 2.90. The number of rotatable bonds is 3. The van der Waals surface area contributed by atoms with Crippen LogP contribution in [0.15, 0.2) is 48.5 Å². The van der Waals surface area contributed by atoms with Crippen LogP contribution in [0.25, 0.3) is 0 Å². The van der Waals surface area contributed by atoms with Crippen molar-refractivity contribution in [2.24, 2.45) is 5.73 Å². The maximum Gasteiger partial charge on any atom is 0.313 e. The Morgan fingerprint density at radius 3 is 2.15 bits per heavy atom. The van der Waals surface area contributed by atoms with Gasteiger partial charge >= 0.3 is 11.8 Å². The molecule has 1 aliphatic heterocycles. The molecule has 140 valence electrons. The summed E-state index contributed by atoms with van der Waals surface area (Å²) in [7, 11) is 0. The molecule has 1 fully saturated rings. The van der Waals surface area contributed by atoms with Crippen molar-refractivity contribution in [2.45, 2.75) is 0 Å². The molecule has 1 aliphatic rings. The van der Waals surface area contributed by atoms with Crippen molar-refractivity contribution in [1.82, 2.24) is 4.90 Å². The summed E-state index contributed by atoms with van der Waals surface area (Å²) in [6, 6.07) is 12.4. The van der Waals surface area contributed by atoms with Crippen LogP contribution in [0.3, 0.4) is 0 Å². The SMILES string of the molecule is NC(=O)c1ccc(NC(=O)C(=O)N2CCN(c3ccccc3F)CC2)cc1. The number of nitrogens with two attached hydrogens (primary N) is 1. The van der Waals surface area contributed by atoms with Crippen molar-refractivity contribution >= 4 is 29.1 Å². The van der Waals surface area contributed by atoms with Gasteiger partial charge in [-0.05, 0) is 36.4 Å². The van der Waals surface area contributed by atoms with Crippen LogP contribution in [0.5, 0.6) is 0 Å². The van der Waals surface area contributed by atoms with E-state index in [0.717, 1.165) is 0 Å². The summed E-state index contributed by atoms with van der Waals surface area (Å²) in [5.74, 6) is -2.30. The van der Waals surface area contributed by atoms with Gasteiger partial charge in [0.2, 0.25) is 5.91 Å². The Bertz CT molecular complexity index is 862. The number of benzene rings is 2. The molecule has 1 saturated heterocycles. The predicted octanol–water partition coefficient (Wildman–Crippen LogP) is 1.21. The van der Waals surface area contributed by atoms with Crippen LogP contribution in [-0.2, 0) is 9.59 Å². The molecule has 7 nitrogen and oxygen atoms in total. The molecule has 3 N–H and O–H groups in total. The van der Waals surface area contributed by atoms with Gasteiger partial charge in [0.1, 0.15) is 5.82 Å². The molecule has 0 aliphatic carbocycles. The second kappa shape index (κ2) is 7.86. The van der Waals surface area contributed by atoms with Crippen LogP contribution in [0.2, 0.25) is 0 Å². The van der Waals surface area contributed by atoms with Crippen LogP contribution in [-0.4, -0.2) is 48.8 Å². The monoisotopic (exact) mass is 370 g/mol. The summed E-state index contributed by atoms with van der Waals surface area (Å²) in [6.45, 7) is 1.52. The van der Waals surface area contributed by atoms with Crippen LogP contribution in [0.4, 0.5) is 15.8 Å². The molecule has 0 unspecified atom stereocenters. The molecule has 1 heterocycles. The van der Waals surface area contributed by atoms with E-state index in [2.05, 4.69) is 5.32 Å². The zero-order valence-electron chi connectivity index (χ0n) is 14.5. The quantitative estimate of drug-likeness (QED) is 0.794. The van der Waals surface area contributed by atoms with Crippen molar-refractivity contribution in [3.63, 3.8) is 0 Å². The molecule has 0 bridgehead atoms. The number of nitrogens with zero attached hydrogens (tertiary/aromatic N) is 2. The number of hydrogen-bond acceptors (Lipinski definition) is 4. The number of hydrogen-bond donors (Lipinski definition) is 2. The average Bonchev–Trinajstić information content (AvgIpc) is 2.68. The summed E-state index contributed by atoms with van der Waals surface area (Å²) < 4.78 is 13.9. The second-order valence-corrected chi connectivity index (χ2v) is 6.13. The molecule has 0 atom stereocenters. The number of primary amides is 1. The normalized spacial score (nSPS) is 14.0. The number of para-hydroxylation sites is 1. The number of anilines is 2. The number of halogens is 1. The Labute approximate surface area is 155 Å². The average molecular weight is 370 g/mol. The van der Waals surface area contributed by atoms with Gasteiger partial charge in [0.05, 0.1) is 5.69 Å². The van der Waals surface area contributed by atoms with E-state index in [4.69, 9.17) is 5.73 Å². The van der Waals surface area contributed by atoms with Gasteiger partial charge in [-0.15, -0.1) is 0 Å². The van der Waals surface area contributed by atoms with Gasteiger partial charge in [-0.2, -0.15) is 0 Å². The Balaban J connectivity index is 1.56. The first-order valence-electron chi connectivity index (χ1n) is 8.45. The molecule has 0 radical (unpaired) electrons. The van der Waals surface area contributed by atoms with Gasteiger partial charge in [0, 0.05) is 37.4 Å². The maximum atomic E-state index is 13.9. The highest BCUT2D eigenvalue weighted by molar-refractivity contribution is 6.39. The van der Waals surface area contributed by atoms with E-state index in [0.29, 0.717) is 43.1 Å². The van der Waals surface area contributed by atoms with Gasteiger partial charge in [-0.25, -0.2) is 4.39 Å². The van der Waals surface area contributed by atoms with Crippen LogP contribution in [0, 0.1) is 5.82 Å². The van der Waals surface area contributed by atoms with E-state index in [1.807, 2.05) is 4.90 Å². The highest BCUT2D eigenvalue weighted by Crippen LogP contribution is 2.20. The van der Waals surface area contributed by atoms with Gasteiger partial charge in [-0.3, -0.25) is 14.4 Å². The lowest BCUT2D eigenvalue weighted by Crippen LogP contribution is -2.51. The topological polar surface area (TPSA) is 95.7 Å². The van der Waals surface area contributed by atoms with Crippen LogP contribution in [0.1, 0.15) is 10.4 Å². The number of amides is 3. The van der Waals surface area contributed by atoms with E-state index in [1.165, 1.54) is 35.2 Å². The highest BCUT2D eigenvalue weighted by Gasteiger charge is 2.27. The van der Waals surface area contributed by atoms with Gasteiger partial charge in [0.15, 0.2) is 0 Å². The molecule has 27 heavy (non-hydrogen) atoms. The number of nitrogens with one attached hydrogen (secondary N) is 1. The number of carbonyl (C=O) groups excluding carboxylic acids is 3. The lowest BCUT2D eigenvalue weighted by atomic mass is 10.2. The first kappa shape index (κ1) is 18.4. The summed E-state index contributed by atoms with van der Waals surface area (Å²) in [6.07, 6.45) is 0. The first-order valence-corrected chi connectivity index (χ1v) is 8.45. The Hall–Kier alpha value is -3.42. The minimum Gasteiger partial charge on any atom is -0.366 e. The molecule has 0 spiro atoms. The summed E-state index contributed by atoms with van der Waals surface area (Å²) >= 11 is 0. The van der Waals surface area contributed by atoms with E-state index < -0.39 is 17.7 Å².